The molecule has 0 saturated carbocycles. The van der Waals surface area contributed by atoms with Crippen LogP contribution in [0, 0.1) is 5.92 Å². The molecule has 52 valence electrons. The van der Waals surface area contributed by atoms with E-state index < -0.39 is 0 Å². The van der Waals surface area contributed by atoms with Crippen molar-refractivity contribution in [2.24, 2.45) is 16.6 Å². The Bertz CT molecular complexity index is 147. The quantitative estimate of drug-likeness (QED) is 0.519. The van der Waals surface area contributed by atoms with Gasteiger partial charge in [-0.3, -0.25) is 4.99 Å². The zero-order valence-electron chi connectivity index (χ0n) is 6.31. The third-order valence-electron chi connectivity index (χ3n) is 1.74. The lowest BCUT2D eigenvalue weighted by molar-refractivity contribution is 0.479. The van der Waals surface area contributed by atoms with E-state index in [0.717, 1.165) is 12.3 Å². The molecular weight excluding hydrogens is 112 g/mol. The molecule has 2 N–H and O–H groups in total. The molecule has 0 aliphatic carbocycles. The second kappa shape index (κ2) is 1.72. The highest BCUT2D eigenvalue weighted by Crippen LogP contribution is 2.26. The molecule has 0 aromatic rings. The smallest absolute Gasteiger partial charge is 0.0973 e. The van der Waals surface area contributed by atoms with Crippen LogP contribution >= 0.6 is 0 Å². The molecule has 0 bridgehead atoms. The monoisotopic (exact) mass is 126 g/mol. The molecule has 0 amide bonds. The Morgan fingerprint density at radius 3 is 2.33 bits per heavy atom. The van der Waals surface area contributed by atoms with Crippen molar-refractivity contribution in [2.75, 3.05) is 0 Å². The van der Waals surface area contributed by atoms with E-state index in [-0.39, 0.29) is 5.54 Å². The standard InChI is InChI=1S/C7H14N2/c1-5-4-7(2,3)9-6(5)8/h5H,4H2,1-3H3,(H2,8,9). The van der Waals surface area contributed by atoms with Crippen molar-refractivity contribution >= 4 is 5.84 Å². The van der Waals surface area contributed by atoms with E-state index in [9.17, 15) is 0 Å². The molecule has 0 fully saturated rings. The highest BCUT2D eigenvalue weighted by Gasteiger charge is 2.28. The Balaban J connectivity index is 2.74. The topological polar surface area (TPSA) is 38.4 Å². The van der Waals surface area contributed by atoms with Gasteiger partial charge in [0.1, 0.15) is 0 Å². The van der Waals surface area contributed by atoms with Gasteiger partial charge in [0.15, 0.2) is 0 Å². The predicted octanol–water partition coefficient (Wildman–Crippen LogP) is 1.16. The average Bonchev–Trinajstić information content (AvgIpc) is 1.79. The van der Waals surface area contributed by atoms with Gasteiger partial charge in [-0.2, -0.15) is 0 Å². The van der Waals surface area contributed by atoms with E-state index in [1.807, 2.05) is 0 Å². The summed E-state index contributed by atoms with van der Waals surface area (Å²) in [5.41, 5.74) is 5.70. The summed E-state index contributed by atoms with van der Waals surface area (Å²) in [5, 5.41) is 0. The maximum absolute atomic E-state index is 5.60. The molecule has 1 rings (SSSR count). The van der Waals surface area contributed by atoms with Crippen LogP contribution in [0.2, 0.25) is 0 Å². The van der Waals surface area contributed by atoms with Crippen molar-refractivity contribution in [3.63, 3.8) is 0 Å². The summed E-state index contributed by atoms with van der Waals surface area (Å²) in [4.78, 5) is 4.30. The third-order valence-corrected chi connectivity index (χ3v) is 1.74. The van der Waals surface area contributed by atoms with Crippen molar-refractivity contribution in [1.82, 2.24) is 0 Å². The number of nitrogens with two attached hydrogens (primary N) is 1. The minimum atomic E-state index is 0.101. The molecule has 2 heteroatoms. The maximum Gasteiger partial charge on any atom is 0.0973 e. The first kappa shape index (κ1) is 6.59. The van der Waals surface area contributed by atoms with E-state index in [1.165, 1.54) is 0 Å². The van der Waals surface area contributed by atoms with Crippen LogP contribution in [0.25, 0.3) is 0 Å². The molecule has 1 unspecified atom stereocenters. The second-order valence-corrected chi connectivity index (χ2v) is 3.45. The largest absolute Gasteiger partial charge is 0.387 e. The highest BCUT2D eigenvalue weighted by atomic mass is 15.0. The lowest BCUT2D eigenvalue weighted by Crippen LogP contribution is -2.16. The first-order valence-corrected chi connectivity index (χ1v) is 3.36. The zero-order chi connectivity index (χ0) is 7.07. The molecule has 0 spiro atoms. The fraction of sp³-hybridized carbons (Fsp3) is 0.857. The first-order chi connectivity index (χ1) is 4.01. The van der Waals surface area contributed by atoms with Gasteiger partial charge in [-0.25, -0.2) is 0 Å². The number of hydrogen-bond acceptors (Lipinski definition) is 2. The van der Waals surface area contributed by atoms with Crippen molar-refractivity contribution in [1.29, 1.82) is 0 Å². The summed E-state index contributed by atoms with van der Waals surface area (Å²) in [5.74, 6) is 1.31. The molecule has 2 nitrogen and oxygen atoms in total. The molecular formula is C7H14N2. The van der Waals surface area contributed by atoms with E-state index in [2.05, 4.69) is 25.8 Å². The molecule has 9 heavy (non-hydrogen) atoms. The summed E-state index contributed by atoms with van der Waals surface area (Å²) in [6.07, 6.45) is 1.10. The number of nitrogens with zero attached hydrogens (tertiary/aromatic N) is 1. The van der Waals surface area contributed by atoms with E-state index >= 15 is 0 Å². The summed E-state index contributed by atoms with van der Waals surface area (Å²) < 4.78 is 0. The van der Waals surface area contributed by atoms with Gasteiger partial charge in [-0.1, -0.05) is 6.92 Å². The lowest BCUT2D eigenvalue weighted by Gasteiger charge is -2.12. The van der Waals surface area contributed by atoms with Gasteiger partial charge < -0.3 is 5.73 Å². The van der Waals surface area contributed by atoms with Crippen LogP contribution in [0.3, 0.4) is 0 Å². The molecule has 1 atom stereocenters. The van der Waals surface area contributed by atoms with E-state index in [0.29, 0.717) is 5.92 Å². The SMILES string of the molecule is CC1CC(C)(C)N=C1N. The zero-order valence-corrected chi connectivity index (χ0v) is 6.31. The summed E-state index contributed by atoms with van der Waals surface area (Å²) in [6.45, 7) is 6.35. The summed E-state index contributed by atoms with van der Waals surface area (Å²) in [7, 11) is 0. The normalized spacial score (nSPS) is 32.3. The number of amidine groups is 1. The van der Waals surface area contributed by atoms with E-state index in [4.69, 9.17) is 5.73 Å². The van der Waals surface area contributed by atoms with Crippen LogP contribution in [0.4, 0.5) is 0 Å². The minimum absolute atomic E-state index is 0.101. The third kappa shape index (κ3) is 1.23. The Morgan fingerprint density at radius 1 is 1.67 bits per heavy atom. The van der Waals surface area contributed by atoms with Gasteiger partial charge in [0.2, 0.25) is 0 Å². The van der Waals surface area contributed by atoms with Crippen LogP contribution in [-0.4, -0.2) is 11.4 Å². The van der Waals surface area contributed by atoms with Gasteiger partial charge in [0, 0.05) is 5.92 Å². The van der Waals surface area contributed by atoms with Crippen LogP contribution in [0.15, 0.2) is 4.99 Å². The van der Waals surface area contributed by atoms with Gasteiger partial charge in [-0.15, -0.1) is 0 Å². The fourth-order valence-electron chi connectivity index (χ4n) is 1.36. The van der Waals surface area contributed by atoms with Crippen molar-refractivity contribution in [2.45, 2.75) is 32.7 Å². The van der Waals surface area contributed by atoms with Gasteiger partial charge in [-0.05, 0) is 20.3 Å². The minimum Gasteiger partial charge on any atom is -0.387 e. The fourth-order valence-corrected chi connectivity index (χ4v) is 1.36. The van der Waals surface area contributed by atoms with Crippen LogP contribution < -0.4 is 5.73 Å². The molecule has 1 aliphatic rings. The summed E-state index contributed by atoms with van der Waals surface area (Å²) in [6, 6.07) is 0. The molecule has 0 radical (unpaired) electrons. The lowest BCUT2D eigenvalue weighted by atomic mass is 9.97. The predicted molar refractivity (Wildman–Crippen MR) is 39.5 cm³/mol. The van der Waals surface area contributed by atoms with Gasteiger partial charge >= 0.3 is 0 Å². The molecule has 0 saturated heterocycles. The molecule has 1 aliphatic heterocycles. The van der Waals surface area contributed by atoms with Crippen molar-refractivity contribution < 1.29 is 0 Å². The van der Waals surface area contributed by atoms with Crippen molar-refractivity contribution in [3.8, 4) is 0 Å². The summed E-state index contributed by atoms with van der Waals surface area (Å²) >= 11 is 0. The maximum atomic E-state index is 5.60. The number of rotatable bonds is 0. The van der Waals surface area contributed by atoms with E-state index in [1.54, 1.807) is 0 Å². The Kier molecular flexibility index (Phi) is 1.26. The molecule has 0 aromatic carbocycles. The Hall–Kier alpha value is -0.530. The number of aliphatic imine (C=N–C) groups is 1. The number of hydrogen-bond donors (Lipinski definition) is 1. The second-order valence-electron chi connectivity index (χ2n) is 3.45. The van der Waals surface area contributed by atoms with Crippen LogP contribution in [-0.2, 0) is 0 Å². The molecule has 0 aromatic heterocycles. The average molecular weight is 126 g/mol. The molecule has 1 heterocycles. The van der Waals surface area contributed by atoms with Gasteiger partial charge in [0.25, 0.3) is 0 Å². The first-order valence-electron chi connectivity index (χ1n) is 3.36. The Labute approximate surface area is 56.2 Å². The highest BCUT2D eigenvalue weighted by molar-refractivity contribution is 5.84. The van der Waals surface area contributed by atoms with Gasteiger partial charge in [0.05, 0.1) is 11.4 Å². The van der Waals surface area contributed by atoms with Crippen LogP contribution in [0.5, 0.6) is 0 Å². The Morgan fingerprint density at radius 2 is 2.22 bits per heavy atom. The van der Waals surface area contributed by atoms with Crippen molar-refractivity contribution in [3.05, 3.63) is 0 Å². The van der Waals surface area contributed by atoms with Crippen LogP contribution in [0.1, 0.15) is 27.2 Å².